The number of fused-ring (bicyclic) bond motifs is 1. The molecule has 2 aliphatic heterocycles. The summed E-state index contributed by atoms with van der Waals surface area (Å²) in [6.07, 6.45) is 4.72. The van der Waals surface area contributed by atoms with Crippen LogP contribution < -0.4 is 11.0 Å². The fourth-order valence-corrected chi connectivity index (χ4v) is 4.13. The quantitative estimate of drug-likeness (QED) is 0.781. The molecule has 1 aromatic carbocycles. The van der Waals surface area contributed by atoms with Gasteiger partial charge in [-0.15, -0.1) is 0 Å². The van der Waals surface area contributed by atoms with Gasteiger partial charge in [-0.05, 0) is 24.9 Å². The Hall–Kier alpha value is -2.34. The van der Waals surface area contributed by atoms with Gasteiger partial charge in [0.15, 0.2) is 0 Å². The number of amides is 1. The molecule has 6 nitrogen and oxygen atoms in total. The molecule has 6 heteroatoms. The summed E-state index contributed by atoms with van der Waals surface area (Å²) in [5, 5.41) is 3.66. The minimum absolute atomic E-state index is 0.0921. The molecule has 4 rings (SSSR count). The Morgan fingerprint density at radius 2 is 2.00 bits per heavy atom. The standard InChI is InChI=1S/C18H22N4O2/c23-17(14-10-20-18(24)21-14)22-11-13(12-6-2-1-3-7-12)16-15(22)8-4-5-9-19-16/h1-3,6-7,10,13,15-16,19H,4-5,8-9,11H2,(H2,20,21,24)/t13-,15-,16-/m0/s1. The third-order valence-corrected chi connectivity index (χ3v) is 5.26. The fourth-order valence-electron chi connectivity index (χ4n) is 4.13. The lowest BCUT2D eigenvalue weighted by Crippen LogP contribution is -2.44. The van der Waals surface area contributed by atoms with Crippen LogP contribution in [0.2, 0.25) is 0 Å². The molecule has 2 aliphatic rings. The zero-order valence-corrected chi connectivity index (χ0v) is 13.5. The Bertz CT molecular complexity index is 767. The molecule has 0 unspecified atom stereocenters. The Morgan fingerprint density at radius 3 is 2.75 bits per heavy atom. The molecule has 1 aromatic heterocycles. The number of hydrogen-bond acceptors (Lipinski definition) is 3. The zero-order valence-electron chi connectivity index (χ0n) is 13.5. The highest BCUT2D eigenvalue weighted by Gasteiger charge is 2.44. The van der Waals surface area contributed by atoms with E-state index in [4.69, 9.17) is 0 Å². The molecule has 126 valence electrons. The van der Waals surface area contributed by atoms with Gasteiger partial charge in [-0.3, -0.25) is 4.79 Å². The Morgan fingerprint density at radius 1 is 1.17 bits per heavy atom. The molecule has 3 atom stereocenters. The first kappa shape index (κ1) is 15.2. The summed E-state index contributed by atoms with van der Waals surface area (Å²) in [4.78, 5) is 31.3. The molecule has 0 spiro atoms. The van der Waals surface area contributed by atoms with Crippen LogP contribution in [-0.2, 0) is 0 Å². The Kier molecular flexibility index (Phi) is 3.98. The summed E-state index contributed by atoms with van der Waals surface area (Å²) >= 11 is 0. The molecule has 0 aliphatic carbocycles. The average Bonchev–Trinajstić information content (AvgIpc) is 3.11. The normalized spacial score (nSPS) is 26.8. The third kappa shape index (κ3) is 2.67. The molecular formula is C18H22N4O2. The number of rotatable bonds is 2. The molecule has 0 bridgehead atoms. The highest BCUT2D eigenvalue weighted by molar-refractivity contribution is 5.92. The number of nitrogens with one attached hydrogen (secondary N) is 3. The van der Waals surface area contributed by atoms with E-state index in [0.717, 1.165) is 25.8 Å². The van der Waals surface area contributed by atoms with Gasteiger partial charge in [0, 0.05) is 30.7 Å². The van der Waals surface area contributed by atoms with Crippen molar-refractivity contribution in [1.82, 2.24) is 20.2 Å². The highest BCUT2D eigenvalue weighted by Crippen LogP contribution is 2.36. The van der Waals surface area contributed by atoms with Gasteiger partial charge in [0.2, 0.25) is 0 Å². The van der Waals surface area contributed by atoms with Crippen LogP contribution in [0.4, 0.5) is 0 Å². The maximum Gasteiger partial charge on any atom is 0.323 e. The minimum Gasteiger partial charge on any atom is -0.332 e. The molecule has 1 amide bonds. The summed E-state index contributed by atoms with van der Waals surface area (Å²) < 4.78 is 0. The van der Waals surface area contributed by atoms with Gasteiger partial charge in [-0.2, -0.15) is 0 Å². The van der Waals surface area contributed by atoms with Gasteiger partial charge in [0.1, 0.15) is 5.69 Å². The molecule has 3 N–H and O–H groups in total. The van der Waals surface area contributed by atoms with Crippen LogP contribution in [0.3, 0.4) is 0 Å². The molecule has 0 saturated carbocycles. The van der Waals surface area contributed by atoms with Crippen LogP contribution in [0.15, 0.2) is 41.3 Å². The van der Waals surface area contributed by atoms with E-state index in [1.165, 1.54) is 11.8 Å². The zero-order chi connectivity index (χ0) is 16.5. The van der Waals surface area contributed by atoms with E-state index in [1.807, 2.05) is 11.0 Å². The van der Waals surface area contributed by atoms with Crippen LogP contribution in [0.25, 0.3) is 0 Å². The average molecular weight is 326 g/mol. The number of carbonyl (C=O) groups is 1. The molecule has 2 saturated heterocycles. The van der Waals surface area contributed by atoms with Crippen molar-refractivity contribution in [3.63, 3.8) is 0 Å². The number of benzene rings is 1. The van der Waals surface area contributed by atoms with Crippen molar-refractivity contribution in [3.05, 3.63) is 58.3 Å². The van der Waals surface area contributed by atoms with Crippen molar-refractivity contribution in [2.45, 2.75) is 37.3 Å². The van der Waals surface area contributed by atoms with Gasteiger partial charge >= 0.3 is 5.69 Å². The smallest absolute Gasteiger partial charge is 0.323 e. The number of aromatic amines is 2. The molecule has 2 fully saturated rings. The number of hydrogen-bond donors (Lipinski definition) is 3. The van der Waals surface area contributed by atoms with E-state index in [0.29, 0.717) is 12.2 Å². The van der Waals surface area contributed by atoms with Crippen LogP contribution in [-0.4, -0.2) is 45.9 Å². The van der Waals surface area contributed by atoms with Crippen LogP contribution in [0.1, 0.15) is 41.2 Å². The van der Waals surface area contributed by atoms with Crippen molar-refractivity contribution in [2.75, 3.05) is 13.1 Å². The summed E-state index contributed by atoms with van der Waals surface area (Å²) in [6.45, 7) is 1.67. The van der Waals surface area contributed by atoms with Crippen molar-refractivity contribution >= 4 is 5.91 Å². The Labute approximate surface area is 140 Å². The monoisotopic (exact) mass is 326 g/mol. The topological polar surface area (TPSA) is 81.0 Å². The van der Waals surface area contributed by atoms with Crippen molar-refractivity contribution < 1.29 is 4.79 Å². The van der Waals surface area contributed by atoms with Crippen molar-refractivity contribution in [2.24, 2.45) is 0 Å². The minimum atomic E-state index is -0.340. The molecule has 24 heavy (non-hydrogen) atoms. The molecule has 0 radical (unpaired) electrons. The largest absolute Gasteiger partial charge is 0.332 e. The number of nitrogens with zero attached hydrogens (tertiary/aromatic N) is 1. The van der Waals surface area contributed by atoms with E-state index < -0.39 is 0 Å². The second-order valence-electron chi connectivity index (χ2n) is 6.67. The first-order chi connectivity index (χ1) is 11.7. The SMILES string of the molecule is O=C(c1c[nH]c(=O)[nH]1)N1C[C@@H](c2ccccc2)[C@@H]2NCCCC[C@@H]21. The number of imidazole rings is 1. The van der Waals surface area contributed by atoms with Crippen LogP contribution >= 0.6 is 0 Å². The summed E-state index contributed by atoms with van der Waals surface area (Å²) in [6, 6.07) is 10.8. The lowest BCUT2D eigenvalue weighted by molar-refractivity contribution is 0.0716. The predicted molar refractivity (Wildman–Crippen MR) is 91.1 cm³/mol. The summed E-state index contributed by atoms with van der Waals surface area (Å²) in [5.41, 5.74) is 1.27. The van der Waals surface area contributed by atoms with E-state index >= 15 is 0 Å². The second-order valence-corrected chi connectivity index (χ2v) is 6.67. The van der Waals surface area contributed by atoms with Gasteiger partial charge in [-0.1, -0.05) is 36.8 Å². The summed E-state index contributed by atoms with van der Waals surface area (Å²) in [5.74, 6) is 0.189. The number of likely N-dealkylation sites (tertiary alicyclic amines) is 1. The molecular weight excluding hydrogens is 304 g/mol. The fraction of sp³-hybridized carbons (Fsp3) is 0.444. The van der Waals surface area contributed by atoms with E-state index in [2.05, 4.69) is 39.6 Å². The number of carbonyl (C=O) groups excluding carboxylic acids is 1. The van der Waals surface area contributed by atoms with Gasteiger partial charge in [0.25, 0.3) is 5.91 Å². The lowest BCUT2D eigenvalue weighted by atomic mass is 9.90. The summed E-state index contributed by atoms with van der Waals surface area (Å²) in [7, 11) is 0. The third-order valence-electron chi connectivity index (χ3n) is 5.26. The van der Waals surface area contributed by atoms with Crippen molar-refractivity contribution in [1.29, 1.82) is 0 Å². The van der Waals surface area contributed by atoms with Crippen LogP contribution in [0.5, 0.6) is 0 Å². The van der Waals surface area contributed by atoms with Crippen LogP contribution in [0, 0.1) is 0 Å². The lowest BCUT2D eigenvalue weighted by Gasteiger charge is -2.27. The Balaban J connectivity index is 1.67. The maximum absolute atomic E-state index is 12.9. The second kappa shape index (κ2) is 6.28. The first-order valence-electron chi connectivity index (χ1n) is 8.61. The predicted octanol–water partition coefficient (Wildman–Crippen LogP) is 1.45. The van der Waals surface area contributed by atoms with Crippen molar-refractivity contribution in [3.8, 4) is 0 Å². The molecule has 2 aromatic rings. The van der Waals surface area contributed by atoms with E-state index in [9.17, 15) is 9.59 Å². The van der Waals surface area contributed by atoms with Gasteiger partial charge in [-0.25, -0.2) is 4.79 Å². The van der Waals surface area contributed by atoms with Gasteiger partial charge in [0.05, 0.1) is 0 Å². The number of H-pyrrole nitrogens is 2. The molecule has 3 heterocycles. The first-order valence-corrected chi connectivity index (χ1v) is 8.61. The van der Waals surface area contributed by atoms with Gasteiger partial charge < -0.3 is 20.2 Å². The number of aromatic nitrogens is 2. The highest BCUT2D eigenvalue weighted by atomic mass is 16.2. The van der Waals surface area contributed by atoms with E-state index in [1.54, 1.807) is 0 Å². The van der Waals surface area contributed by atoms with E-state index in [-0.39, 0.29) is 29.6 Å². The maximum atomic E-state index is 12.9.